The molecule has 2 rings (SSSR count). The van der Waals surface area contributed by atoms with Crippen LogP contribution in [0.3, 0.4) is 0 Å². The first kappa shape index (κ1) is 21.6. The summed E-state index contributed by atoms with van der Waals surface area (Å²) in [5.41, 5.74) is 1.13. The number of benzene rings is 1. The van der Waals surface area contributed by atoms with Gasteiger partial charge in [-0.3, -0.25) is 29.4 Å². The Morgan fingerprint density at radius 3 is 2.68 bits per heavy atom. The number of ether oxygens (including phenoxy) is 1. The van der Waals surface area contributed by atoms with Crippen molar-refractivity contribution in [2.75, 3.05) is 25.6 Å². The minimum atomic E-state index is -1.01. The molecule has 8 heteroatoms. The highest BCUT2D eigenvalue weighted by Gasteiger charge is 2.43. The maximum atomic E-state index is 13.0. The van der Waals surface area contributed by atoms with Crippen LogP contribution < -0.4 is 10.6 Å². The van der Waals surface area contributed by atoms with Gasteiger partial charge >= 0.3 is 0 Å². The van der Waals surface area contributed by atoms with E-state index in [1.54, 1.807) is 25.3 Å². The van der Waals surface area contributed by atoms with E-state index in [1.807, 2.05) is 6.92 Å². The minimum Gasteiger partial charge on any atom is -0.385 e. The van der Waals surface area contributed by atoms with Crippen molar-refractivity contribution >= 4 is 29.8 Å². The quantitative estimate of drug-likeness (QED) is 0.322. The number of unbranched alkanes of at least 4 members (excludes halogenated alkanes) is 2. The number of hydrogen-bond donors (Lipinski definition) is 2. The predicted molar refractivity (Wildman–Crippen MR) is 104 cm³/mol. The van der Waals surface area contributed by atoms with Gasteiger partial charge in [0, 0.05) is 25.9 Å². The highest BCUT2D eigenvalue weighted by atomic mass is 16.5. The lowest BCUT2D eigenvalue weighted by Gasteiger charge is -2.24. The largest absolute Gasteiger partial charge is 0.385 e. The van der Waals surface area contributed by atoms with Gasteiger partial charge in [0.25, 0.3) is 11.8 Å². The number of methoxy groups -OCH3 is 1. The molecule has 2 N–H and O–H groups in total. The van der Waals surface area contributed by atoms with Crippen molar-refractivity contribution in [3.05, 3.63) is 29.3 Å². The number of carbonyl (C=O) groups excluding carboxylic acids is 4. The Kier molecular flexibility index (Phi) is 8.13. The summed E-state index contributed by atoms with van der Waals surface area (Å²) in [5, 5.41) is 5.28. The van der Waals surface area contributed by atoms with Crippen LogP contribution in [0.25, 0.3) is 0 Å². The van der Waals surface area contributed by atoms with Gasteiger partial charge in [-0.25, -0.2) is 0 Å². The molecule has 0 saturated carbocycles. The molecule has 152 valence electrons. The van der Waals surface area contributed by atoms with Crippen LogP contribution in [0.5, 0.6) is 0 Å². The van der Waals surface area contributed by atoms with Crippen LogP contribution in [0.15, 0.2) is 18.2 Å². The van der Waals surface area contributed by atoms with Gasteiger partial charge in [-0.1, -0.05) is 19.4 Å². The lowest BCUT2D eigenvalue weighted by molar-refractivity contribution is -0.128. The third-order valence-electron chi connectivity index (χ3n) is 4.66. The van der Waals surface area contributed by atoms with Gasteiger partial charge in [-0.15, -0.1) is 0 Å². The Balaban J connectivity index is 2.17. The molecule has 8 nitrogen and oxygen atoms in total. The standard InChI is InChI=1S/C20H27N3O5/c1-3-8-16(18(25)22-13-24)23-19(26)14-9-7-10-15(17(14)20(23)27)21-11-5-4-6-12-28-2/h7,9-10,13,16,21H,3-6,8,11-12H2,1-2H3,(H,22,24,25). The molecule has 0 bridgehead atoms. The SMILES string of the molecule is CCCC(C(=O)NC=O)N1C(=O)c2cccc(NCCCCCOC)c2C1=O. The van der Waals surface area contributed by atoms with E-state index < -0.39 is 23.8 Å². The lowest BCUT2D eigenvalue weighted by atomic mass is 10.1. The predicted octanol–water partition coefficient (Wildman–Crippen LogP) is 1.95. The topological polar surface area (TPSA) is 105 Å². The molecule has 1 atom stereocenters. The van der Waals surface area contributed by atoms with Crippen molar-refractivity contribution in [3.8, 4) is 0 Å². The van der Waals surface area contributed by atoms with Gasteiger partial charge < -0.3 is 10.1 Å². The highest BCUT2D eigenvalue weighted by molar-refractivity contribution is 6.25. The first-order valence-electron chi connectivity index (χ1n) is 9.54. The van der Waals surface area contributed by atoms with Crippen molar-refractivity contribution in [1.29, 1.82) is 0 Å². The lowest BCUT2D eigenvalue weighted by Crippen LogP contribution is -2.49. The number of fused-ring (bicyclic) bond motifs is 1. The number of nitrogens with one attached hydrogen (secondary N) is 2. The number of anilines is 1. The van der Waals surface area contributed by atoms with Crippen molar-refractivity contribution < 1.29 is 23.9 Å². The van der Waals surface area contributed by atoms with Crippen molar-refractivity contribution in [1.82, 2.24) is 10.2 Å². The van der Waals surface area contributed by atoms with E-state index in [0.29, 0.717) is 25.3 Å². The summed E-state index contributed by atoms with van der Waals surface area (Å²) >= 11 is 0. The van der Waals surface area contributed by atoms with Gasteiger partial charge in [0.2, 0.25) is 12.3 Å². The summed E-state index contributed by atoms with van der Waals surface area (Å²) in [6.45, 7) is 3.21. The molecule has 1 unspecified atom stereocenters. The molecule has 28 heavy (non-hydrogen) atoms. The molecule has 0 saturated heterocycles. The minimum absolute atomic E-state index is 0.264. The van der Waals surface area contributed by atoms with E-state index in [9.17, 15) is 19.2 Å². The third kappa shape index (κ3) is 4.75. The molecule has 1 aliphatic rings. The number of rotatable bonds is 12. The van der Waals surface area contributed by atoms with E-state index >= 15 is 0 Å². The zero-order chi connectivity index (χ0) is 20.5. The molecule has 1 aliphatic heterocycles. The molecule has 1 heterocycles. The second-order valence-electron chi connectivity index (χ2n) is 6.62. The Labute approximate surface area is 164 Å². The number of amides is 4. The van der Waals surface area contributed by atoms with Gasteiger partial charge in [0.15, 0.2) is 0 Å². The molecule has 0 aromatic heterocycles. The highest BCUT2D eigenvalue weighted by Crippen LogP contribution is 2.31. The summed E-state index contributed by atoms with van der Waals surface area (Å²) in [7, 11) is 1.67. The second-order valence-corrected chi connectivity index (χ2v) is 6.62. The molecule has 0 aliphatic carbocycles. The Hall–Kier alpha value is -2.74. The third-order valence-corrected chi connectivity index (χ3v) is 4.66. The summed E-state index contributed by atoms with van der Waals surface area (Å²) < 4.78 is 5.02. The van der Waals surface area contributed by atoms with Crippen LogP contribution in [0.4, 0.5) is 5.69 Å². The smallest absolute Gasteiger partial charge is 0.264 e. The average Bonchev–Trinajstić information content (AvgIpc) is 2.94. The zero-order valence-electron chi connectivity index (χ0n) is 16.3. The Bertz CT molecular complexity index is 735. The fourth-order valence-corrected chi connectivity index (χ4v) is 3.31. The normalized spacial score (nSPS) is 14.0. The maximum Gasteiger partial charge on any atom is 0.264 e. The monoisotopic (exact) mass is 389 g/mol. The number of imide groups is 2. The van der Waals surface area contributed by atoms with Crippen molar-refractivity contribution in [2.24, 2.45) is 0 Å². The van der Waals surface area contributed by atoms with Crippen LogP contribution in [-0.4, -0.2) is 55.3 Å². The molecule has 0 spiro atoms. The first-order valence-corrected chi connectivity index (χ1v) is 9.54. The molecule has 0 radical (unpaired) electrons. The summed E-state index contributed by atoms with van der Waals surface area (Å²) in [6.07, 6.45) is 3.98. The van der Waals surface area contributed by atoms with E-state index in [-0.39, 0.29) is 24.0 Å². The van der Waals surface area contributed by atoms with Crippen LogP contribution in [0.1, 0.15) is 59.7 Å². The summed E-state index contributed by atoms with van der Waals surface area (Å²) in [5.74, 6) is -1.68. The molecule has 4 amide bonds. The number of carbonyl (C=O) groups is 4. The zero-order valence-corrected chi connectivity index (χ0v) is 16.3. The fourth-order valence-electron chi connectivity index (χ4n) is 3.31. The second kappa shape index (κ2) is 10.6. The van der Waals surface area contributed by atoms with E-state index in [0.717, 1.165) is 24.2 Å². The Morgan fingerprint density at radius 1 is 1.21 bits per heavy atom. The van der Waals surface area contributed by atoms with Gasteiger partial charge in [-0.05, 0) is 37.8 Å². The maximum absolute atomic E-state index is 13.0. The average molecular weight is 389 g/mol. The molecule has 1 aromatic carbocycles. The van der Waals surface area contributed by atoms with Crippen molar-refractivity contribution in [2.45, 2.75) is 45.1 Å². The van der Waals surface area contributed by atoms with Crippen LogP contribution in [0, 0.1) is 0 Å². The fraction of sp³-hybridized carbons (Fsp3) is 0.500. The van der Waals surface area contributed by atoms with Gasteiger partial charge in [-0.2, -0.15) is 0 Å². The van der Waals surface area contributed by atoms with E-state index in [1.165, 1.54) is 0 Å². The van der Waals surface area contributed by atoms with E-state index in [2.05, 4.69) is 10.6 Å². The molecule has 0 fully saturated rings. The van der Waals surface area contributed by atoms with E-state index in [4.69, 9.17) is 4.74 Å². The van der Waals surface area contributed by atoms with Gasteiger partial charge in [0.05, 0.1) is 11.1 Å². The Morgan fingerprint density at radius 2 is 2.00 bits per heavy atom. The number of hydrogen-bond acceptors (Lipinski definition) is 6. The molecular formula is C20H27N3O5. The van der Waals surface area contributed by atoms with Gasteiger partial charge in [0.1, 0.15) is 6.04 Å². The summed E-state index contributed by atoms with van der Waals surface area (Å²) in [4.78, 5) is 49.7. The van der Waals surface area contributed by atoms with Crippen LogP contribution >= 0.6 is 0 Å². The van der Waals surface area contributed by atoms with Crippen LogP contribution in [-0.2, 0) is 14.3 Å². The molecular weight excluding hydrogens is 362 g/mol. The van der Waals surface area contributed by atoms with Crippen molar-refractivity contribution in [3.63, 3.8) is 0 Å². The first-order chi connectivity index (χ1) is 13.6. The number of nitrogens with zero attached hydrogens (tertiary/aromatic N) is 1. The molecule has 1 aromatic rings. The van der Waals surface area contributed by atoms with Crippen LogP contribution in [0.2, 0.25) is 0 Å². The summed E-state index contributed by atoms with van der Waals surface area (Å²) in [6, 6.07) is 4.04.